The van der Waals surface area contributed by atoms with Crippen LogP contribution in [-0.4, -0.2) is 73.7 Å². The fourth-order valence-electron chi connectivity index (χ4n) is 2.37. The summed E-state index contributed by atoms with van der Waals surface area (Å²) in [6, 6.07) is -0.150. The van der Waals surface area contributed by atoms with Crippen LogP contribution in [0.4, 0.5) is 0 Å². The van der Waals surface area contributed by atoms with Gasteiger partial charge in [0, 0.05) is 31.7 Å². The van der Waals surface area contributed by atoms with Gasteiger partial charge in [-0.15, -0.1) is 0 Å². The molecule has 0 spiro atoms. The van der Waals surface area contributed by atoms with Crippen LogP contribution in [0.25, 0.3) is 0 Å². The molecule has 1 amide bonds. The van der Waals surface area contributed by atoms with Crippen molar-refractivity contribution in [1.29, 1.82) is 0 Å². The Bertz CT molecular complexity index is 287. The van der Waals surface area contributed by atoms with E-state index in [1.165, 1.54) is 0 Å². The maximum atomic E-state index is 12.3. The van der Waals surface area contributed by atoms with Gasteiger partial charge in [0.1, 0.15) is 6.04 Å². The van der Waals surface area contributed by atoms with Gasteiger partial charge >= 0.3 is 0 Å². The summed E-state index contributed by atoms with van der Waals surface area (Å²) in [4.78, 5) is 16.6. The van der Waals surface area contributed by atoms with Crippen LogP contribution in [0, 0.1) is 0 Å². The number of rotatable bonds is 1. The zero-order valence-corrected chi connectivity index (χ0v) is 11.0. The number of carbonyl (C=O) groups is 1. The number of carbonyl (C=O) groups excluding carboxylic acids is 1. The summed E-state index contributed by atoms with van der Waals surface area (Å²) in [7, 11) is 2.11. The third-order valence-electron chi connectivity index (χ3n) is 3.85. The van der Waals surface area contributed by atoms with E-state index in [-0.39, 0.29) is 17.5 Å². The van der Waals surface area contributed by atoms with Gasteiger partial charge in [-0.1, -0.05) is 0 Å². The van der Waals surface area contributed by atoms with E-state index in [0.717, 1.165) is 26.2 Å². The molecule has 2 aliphatic rings. The van der Waals surface area contributed by atoms with E-state index in [9.17, 15) is 4.79 Å². The Morgan fingerprint density at radius 1 is 1.41 bits per heavy atom. The van der Waals surface area contributed by atoms with Crippen molar-refractivity contribution in [3.05, 3.63) is 0 Å². The molecule has 2 heterocycles. The first-order valence-electron chi connectivity index (χ1n) is 6.32. The SMILES string of the molecule is CN1CCN(C(=O)C2COCCN2)CC1(C)C. The molecule has 0 aliphatic carbocycles. The van der Waals surface area contributed by atoms with Crippen molar-refractivity contribution in [2.45, 2.75) is 25.4 Å². The number of hydrogen-bond donors (Lipinski definition) is 1. The number of likely N-dealkylation sites (N-methyl/N-ethyl adjacent to an activating group) is 1. The minimum atomic E-state index is -0.150. The van der Waals surface area contributed by atoms with E-state index in [4.69, 9.17) is 4.74 Å². The smallest absolute Gasteiger partial charge is 0.242 e. The predicted octanol–water partition coefficient (Wildman–Crippen LogP) is -0.473. The summed E-state index contributed by atoms with van der Waals surface area (Å²) in [6.45, 7) is 8.88. The Labute approximate surface area is 103 Å². The van der Waals surface area contributed by atoms with Crippen molar-refractivity contribution in [2.24, 2.45) is 0 Å². The van der Waals surface area contributed by atoms with Gasteiger partial charge in [0.05, 0.1) is 13.2 Å². The molecule has 0 bridgehead atoms. The van der Waals surface area contributed by atoms with Crippen molar-refractivity contribution >= 4 is 5.91 Å². The van der Waals surface area contributed by atoms with Gasteiger partial charge in [-0.05, 0) is 20.9 Å². The maximum absolute atomic E-state index is 12.3. The number of nitrogens with one attached hydrogen (secondary N) is 1. The molecule has 2 saturated heterocycles. The highest BCUT2D eigenvalue weighted by Crippen LogP contribution is 2.19. The molecule has 2 rings (SSSR count). The second-order valence-electron chi connectivity index (χ2n) is 5.58. The zero-order valence-electron chi connectivity index (χ0n) is 11.0. The summed E-state index contributed by atoms with van der Waals surface area (Å²) < 4.78 is 5.35. The molecule has 98 valence electrons. The zero-order chi connectivity index (χ0) is 12.5. The van der Waals surface area contributed by atoms with E-state index in [1.807, 2.05) is 4.90 Å². The lowest BCUT2D eigenvalue weighted by Gasteiger charge is -2.46. The number of hydrogen-bond acceptors (Lipinski definition) is 4. The summed E-state index contributed by atoms with van der Waals surface area (Å²) in [5, 5.41) is 3.22. The number of morpholine rings is 1. The van der Waals surface area contributed by atoms with Gasteiger partial charge in [0.25, 0.3) is 0 Å². The number of ether oxygens (including phenoxy) is 1. The van der Waals surface area contributed by atoms with E-state index in [0.29, 0.717) is 13.2 Å². The van der Waals surface area contributed by atoms with Gasteiger partial charge in [0.15, 0.2) is 0 Å². The Morgan fingerprint density at radius 3 is 2.76 bits per heavy atom. The van der Waals surface area contributed by atoms with Gasteiger partial charge in [-0.25, -0.2) is 0 Å². The topological polar surface area (TPSA) is 44.8 Å². The molecule has 1 unspecified atom stereocenters. The van der Waals surface area contributed by atoms with Crippen LogP contribution in [0.15, 0.2) is 0 Å². The number of nitrogens with zero attached hydrogens (tertiary/aromatic N) is 2. The predicted molar refractivity (Wildman–Crippen MR) is 65.9 cm³/mol. The summed E-state index contributed by atoms with van der Waals surface area (Å²) in [5.74, 6) is 0.186. The lowest BCUT2D eigenvalue weighted by molar-refractivity contribution is -0.140. The second kappa shape index (κ2) is 4.92. The minimum Gasteiger partial charge on any atom is -0.378 e. The van der Waals surface area contributed by atoms with Crippen LogP contribution in [-0.2, 0) is 9.53 Å². The Balaban J connectivity index is 1.95. The van der Waals surface area contributed by atoms with E-state index in [1.54, 1.807) is 0 Å². The summed E-state index contributed by atoms with van der Waals surface area (Å²) in [6.07, 6.45) is 0. The molecule has 0 saturated carbocycles. The summed E-state index contributed by atoms with van der Waals surface area (Å²) >= 11 is 0. The monoisotopic (exact) mass is 241 g/mol. The first-order valence-corrected chi connectivity index (χ1v) is 6.32. The third-order valence-corrected chi connectivity index (χ3v) is 3.85. The molecule has 0 radical (unpaired) electrons. The van der Waals surface area contributed by atoms with Crippen molar-refractivity contribution in [3.8, 4) is 0 Å². The first kappa shape index (κ1) is 12.8. The molecule has 5 heteroatoms. The van der Waals surface area contributed by atoms with Gasteiger partial charge < -0.3 is 15.0 Å². The lowest BCUT2D eigenvalue weighted by atomic mass is 9.99. The van der Waals surface area contributed by atoms with Crippen molar-refractivity contribution in [3.63, 3.8) is 0 Å². The number of piperazine rings is 1. The van der Waals surface area contributed by atoms with Gasteiger partial charge in [-0.2, -0.15) is 0 Å². The maximum Gasteiger partial charge on any atom is 0.242 e. The standard InChI is InChI=1S/C12H23N3O2/c1-12(2)9-15(6-5-14(12)3)11(16)10-8-17-7-4-13-10/h10,13H,4-9H2,1-3H3. The van der Waals surface area contributed by atoms with Crippen molar-refractivity contribution in [2.75, 3.05) is 46.4 Å². The molecular weight excluding hydrogens is 218 g/mol. The fraction of sp³-hybridized carbons (Fsp3) is 0.917. The van der Waals surface area contributed by atoms with Gasteiger partial charge in [0.2, 0.25) is 5.91 Å². The molecule has 1 atom stereocenters. The average molecular weight is 241 g/mol. The van der Waals surface area contributed by atoms with E-state index in [2.05, 4.69) is 31.1 Å². The van der Waals surface area contributed by atoms with E-state index >= 15 is 0 Å². The normalized spacial score (nSPS) is 30.3. The minimum absolute atomic E-state index is 0.0590. The quantitative estimate of drug-likeness (QED) is 0.674. The van der Waals surface area contributed by atoms with E-state index < -0.39 is 0 Å². The Hall–Kier alpha value is -0.650. The van der Waals surface area contributed by atoms with Crippen LogP contribution in [0.2, 0.25) is 0 Å². The molecule has 2 aliphatic heterocycles. The molecule has 0 aromatic heterocycles. The largest absolute Gasteiger partial charge is 0.378 e. The number of amides is 1. The molecular formula is C12H23N3O2. The second-order valence-corrected chi connectivity index (χ2v) is 5.58. The first-order chi connectivity index (χ1) is 8.00. The van der Waals surface area contributed by atoms with Crippen molar-refractivity contribution < 1.29 is 9.53 Å². The molecule has 5 nitrogen and oxygen atoms in total. The molecule has 17 heavy (non-hydrogen) atoms. The van der Waals surface area contributed by atoms with Crippen molar-refractivity contribution in [1.82, 2.24) is 15.1 Å². The average Bonchev–Trinajstić information content (AvgIpc) is 2.33. The highest BCUT2D eigenvalue weighted by atomic mass is 16.5. The van der Waals surface area contributed by atoms with Crippen LogP contribution in [0.5, 0.6) is 0 Å². The van der Waals surface area contributed by atoms with Gasteiger partial charge in [-0.3, -0.25) is 9.69 Å². The molecule has 2 fully saturated rings. The van der Waals surface area contributed by atoms with Crippen LogP contribution >= 0.6 is 0 Å². The van der Waals surface area contributed by atoms with Crippen LogP contribution in [0.3, 0.4) is 0 Å². The molecule has 0 aromatic rings. The summed E-state index contributed by atoms with van der Waals surface area (Å²) in [5.41, 5.74) is 0.0590. The Morgan fingerprint density at radius 2 is 2.18 bits per heavy atom. The highest BCUT2D eigenvalue weighted by Gasteiger charge is 2.35. The third kappa shape index (κ3) is 2.78. The Kier molecular flexibility index (Phi) is 3.70. The van der Waals surface area contributed by atoms with Crippen LogP contribution < -0.4 is 5.32 Å². The lowest BCUT2D eigenvalue weighted by Crippen LogP contribution is -2.62. The fourth-order valence-corrected chi connectivity index (χ4v) is 2.37. The molecule has 0 aromatic carbocycles. The highest BCUT2D eigenvalue weighted by molar-refractivity contribution is 5.82. The molecule has 1 N–H and O–H groups in total. The van der Waals surface area contributed by atoms with Crippen LogP contribution in [0.1, 0.15) is 13.8 Å².